The Morgan fingerprint density at radius 1 is 1.18 bits per heavy atom. The molecule has 148 valence electrons. The lowest BCUT2D eigenvalue weighted by Crippen LogP contribution is -2.21. The lowest BCUT2D eigenvalue weighted by molar-refractivity contribution is -0.120. The molecule has 2 aromatic carbocycles. The zero-order valence-corrected chi connectivity index (χ0v) is 16.5. The smallest absolute Gasteiger partial charge is 0.286 e. The Bertz CT molecular complexity index is 1010. The molecule has 8 heteroatoms. The van der Waals surface area contributed by atoms with Crippen molar-refractivity contribution >= 4 is 27.5 Å². The van der Waals surface area contributed by atoms with Crippen LogP contribution in [0, 0.1) is 5.82 Å². The highest BCUT2D eigenvalue weighted by atomic mass is 32.1. The molecule has 0 aliphatic rings. The van der Waals surface area contributed by atoms with E-state index in [2.05, 4.69) is 4.99 Å². The Morgan fingerprint density at radius 3 is 2.64 bits per heavy atom. The molecule has 0 N–H and O–H groups in total. The fourth-order valence-electron chi connectivity index (χ4n) is 2.60. The van der Waals surface area contributed by atoms with Crippen molar-refractivity contribution in [2.75, 3.05) is 26.9 Å². The Labute approximate surface area is 165 Å². The van der Waals surface area contributed by atoms with Crippen LogP contribution in [0.5, 0.6) is 11.5 Å². The summed E-state index contributed by atoms with van der Waals surface area (Å²) in [4.78, 5) is 17.0. The number of halogens is 1. The van der Waals surface area contributed by atoms with Crippen molar-refractivity contribution in [2.45, 2.75) is 13.5 Å². The van der Waals surface area contributed by atoms with Crippen molar-refractivity contribution < 1.29 is 23.4 Å². The van der Waals surface area contributed by atoms with Gasteiger partial charge in [0.15, 0.2) is 11.4 Å². The number of carbonyl (C=O) groups is 1. The van der Waals surface area contributed by atoms with Gasteiger partial charge in [-0.15, -0.1) is 0 Å². The van der Waals surface area contributed by atoms with Crippen LogP contribution in [0.2, 0.25) is 0 Å². The Kier molecular flexibility index (Phi) is 6.78. The maximum Gasteiger partial charge on any atom is 0.286 e. The molecule has 3 rings (SSSR count). The summed E-state index contributed by atoms with van der Waals surface area (Å²) in [7, 11) is 1.58. The first-order valence-corrected chi connectivity index (χ1v) is 9.63. The summed E-state index contributed by atoms with van der Waals surface area (Å²) >= 11 is 1.26. The van der Waals surface area contributed by atoms with Gasteiger partial charge in [0.25, 0.3) is 5.91 Å². The van der Waals surface area contributed by atoms with Gasteiger partial charge < -0.3 is 18.8 Å². The third kappa shape index (κ3) is 4.96. The summed E-state index contributed by atoms with van der Waals surface area (Å²) in [5, 5.41) is 0. The van der Waals surface area contributed by atoms with Crippen molar-refractivity contribution in [3.8, 4) is 11.5 Å². The molecule has 0 aliphatic carbocycles. The maximum atomic E-state index is 13.6. The topological polar surface area (TPSA) is 62.1 Å². The number of thiazole rings is 1. The standard InChI is InChI=1S/C20H21FN2O4S/c1-3-26-11-10-23-17-9-4-14(21)12-18(17)28-20(23)22-19(24)13-27-16-7-5-15(25-2)6-8-16/h4-9,12H,3,10-11,13H2,1-2H3. The first-order valence-electron chi connectivity index (χ1n) is 8.81. The minimum atomic E-state index is -0.423. The third-order valence-corrected chi connectivity index (χ3v) is 4.99. The second-order valence-electron chi connectivity index (χ2n) is 5.81. The highest BCUT2D eigenvalue weighted by Crippen LogP contribution is 2.19. The number of hydrogen-bond acceptors (Lipinski definition) is 5. The number of methoxy groups -OCH3 is 1. The van der Waals surface area contributed by atoms with E-state index in [1.807, 2.05) is 11.5 Å². The van der Waals surface area contributed by atoms with Crippen LogP contribution in [0.1, 0.15) is 6.92 Å². The van der Waals surface area contributed by atoms with Crippen LogP contribution in [0.4, 0.5) is 4.39 Å². The fraction of sp³-hybridized carbons (Fsp3) is 0.300. The normalized spacial score (nSPS) is 11.8. The van der Waals surface area contributed by atoms with Crippen molar-refractivity contribution in [1.82, 2.24) is 4.57 Å². The SMILES string of the molecule is CCOCCn1c(=NC(=O)COc2ccc(OC)cc2)sc2cc(F)ccc21. The molecule has 0 saturated heterocycles. The first kappa shape index (κ1) is 20.0. The minimum Gasteiger partial charge on any atom is -0.497 e. The van der Waals surface area contributed by atoms with Crippen LogP contribution in [-0.4, -0.2) is 37.4 Å². The van der Waals surface area contributed by atoms with Gasteiger partial charge in [0.05, 0.1) is 23.9 Å². The number of hydrogen-bond donors (Lipinski definition) is 0. The van der Waals surface area contributed by atoms with Crippen molar-refractivity contribution in [3.05, 3.63) is 53.1 Å². The van der Waals surface area contributed by atoms with E-state index in [0.717, 1.165) is 10.2 Å². The number of nitrogens with zero attached hydrogens (tertiary/aromatic N) is 2. The number of fused-ring (bicyclic) bond motifs is 1. The maximum absolute atomic E-state index is 13.6. The minimum absolute atomic E-state index is 0.194. The van der Waals surface area contributed by atoms with Gasteiger partial charge in [-0.3, -0.25) is 4.79 Å². The van der Waals surface area contributed by atoms with Gasteiger partial charge in [0.2, 0.25) is 0 Å². The van der Waals surface area contributed by atoms with Gasteiger partial charge in [-0.05, 0) is 49.4 Å². The van der Waals surface area contributed by atoms with Crippen LogP contribution in [0.15, 0.2) is 47.5 Å². The van der Waals surface area contributed by atoms with E-state index >= 15 is 0 Å². The van der Waals surface area contributed by atoms with E-state index in [0.29, 0.717) is 36.1 Å². The Balaban J connectivity index is 1.80. The summed E-state index contributed by atoms with van der Waals surface area (Å²) < 4.78 is 32.1. The van der Waals surface area contributed by atoms with Crippen molar-refractivity contribution in [1.29, 1.82) is 0 Å². The van der Waals surface area contributed by atoms with E-state index in [1.54, 1.807) is 37.4 Å². The van der Waals surface area contributed by atoms with Gasteiger partial charge in [-0.25, -0.2) is 4.39 Å². The second kappa shape index (κ2) is 9.48. The molecule has 0 fully saturated rings. The molecule has 0 unspecified atom stereocenters. The number of carbonyl (C=O) groups excluding carboxylic acids is 1. The quantitative estimate of drug-likeness (QED) is 0.540. The number of aromatic nitrogens is 1. The molecule has 0 atom stereocenters. The molecular weight excluding hydrogens is 383 g/mol. The monoisotopic (exact) mass is 404 g/mol. The van der Waals surface area contributed by atoms with E-state index < -0.39 is 5.91 Å². The van der Waals surface area contributed by atoms with Gasteiger partial charge in [0, 0.05) is 13.2 Å². The molecule has 0 spiro atoms. The van der Waals surface area contributed by atoms with Crippen molar-refractivity contribution in [3.63, 3.8) is 0 Å². The summed E-state index contributed by atoms with van der Waals surface area (Å²) in [6, 6.07) is 11.5. The fourth-order valence-corrected chi connectivity index (χ4v) is 3.70. The van der Waals surface area contributed by atoms with Gasteiger partial charge in [-0.1, -0.05) is 11.3 Å². The second-order valence-corrected chi connectivity index (χ2v) is 6.82. The van der Waals surface area contributed by atoms with E-state index in [-0.39, 0.29) is 12.4 Å². The highest BCUT2D eigenvalue weighted by molar-refractivity contribution is 7.16. The Morgan fingerprint density at radius 2 is 1.93 bits per heavy atom. The third-order valence-electron chi connectivity index (χ3n) is 3.95. The molecule has 1 aromatic heterocycles. The van der Waals surface area contributed by atoms with E-state index in [1.165, 1.54) is 23.5 Å². The largest absolute Gasteiger partial charge is 0.497 e. The molecule has 0 radical (unpaired) electrons. The zero-order valence-electron chi connectivity index (χ0n) is 15.7. The van der Waals surface area contributed by atoms with Crippen LogP contribution >= 0.6 is 11.3 Å². The molecule has 1 heterocycles. The molecule has 0 saturated carbocycles. The van der Waals surface area contributed by atoms with Crippen molar-refractivity contribution in [2.24, 2.45) is 4.99 Å². The van der Waals surface area contributed by atoms with Crippen LogP contribution < -0.4 is 14.3 Å². The predicted octanol–water partition coefficient (Wildman–Crippen LogP) is 3.39. The van der Waals surface area contributed by atoms with Gasteiger partial charge in [-0.2, -0.15) is 4.99 Å². The van der Waals surface area contributed by atoms with Crippen LogP contribution in [-0.2, 0) is 16.1 Å². The van der Waals surface area contributed by atoms with Crippen LogP contribution in [0.25, 0.3) is 10.2 Å². The first-order chi connectivity index (χ1) is 13.6. The lowest BCUT2D eigenvalue weighted by Gasteiger charge is -2.06. The highest BCUT2D eigenvalue weighted by Gasteiger charge is 2.09. The molecule has 28 heavy (non-hydrogen) atoms. The number of amides is 1. The van der Waals surface area contributed by atoms with Gasteiger partial charge in [0.1, 0.15) is 17.3 Å². The van der Waals surface area contributed by atoms with Gasteiger partial charge >= 0.3 is 0 Å². The average Bonchev–Trinajstić information content (AvgIpc) is 3.03. The Hall–Kier alpha value is -2.71. The van der Waals surface area contributed by atoms with E-state index in [9.17, 15) is 9.18 Å². The molecule has 1 amide bonds. The van der Waals surface area contributed by atoms with E-state index in [4.69, 9.17) is 14.2 Å². The summed E-state index contributed by atoms with van der Waals surface area (Å²) in [5.74, 6) is 0.502. The number of rotatable bonds is 8. The average molecular weight is 404 g/mol. The summed E-state index contributed by atoms with van der Waals surface area (Å²) in [6.07, 6.45) is 0. The zero-order chi connectivity index (χ0) is 19.9. The summed E-state index contributed by atoms with van der Waals surface area (Å²) in [5.41, 5.74) is 0.814. The molecular formula is C20H21FN2O4S. The molecule has 0 aliphatic heterocycles. The summed E-state index contributed by atoms with van der Waals surface area (Å²) in [6.45, 7) is 3.31. The van der Waals surface area contributed by atoms with Crippen LogP contribution in [0.3, 0.4) is 0 Å². The molecule has 3 aromatic rings. The molecule has 0 bridgehead atoms. The number of ether oxygens (including phenoxy) is 3. The predicted molar refractivity (Wildman–Crippen MR) is 105 cm³/mol. The molecule has 6 nitrogen and oxygen atoms in total. The lowest BCUT2D eigenvalue weighted by atomic mass is 10.3. The number of benzene rings is 2.